The highest BCUT2D eigenvalue weighted by Crippen LogP contribution is 2.36. The summed E-state index contributed by atoms with van der Waals surface area (Å²) in [5.41, 5.74) is 1.63. The molecule has 2 nitrogen and oxygen atoms in total. The zero-order chi connectivity index (χ0) is 11.0. The summed E-state index contributed by atoms with van der Waals surface area (Å²) in [4.78, 5) is 11.2. The minimum absolute atomic E-state index is 0.0525. The third-order valence-corrected chi connectivity index (χ3v) is 3.24. The molecule has 15 heavy (non-hydrogen) atoms. The molecule has 0 atom stereocenters. The molecule has 0 unspecified atom stereocenters. The second-order valence-electron chi connectivity index (χ2n) is 3.32. The fraction of sp³-hybridized carbons (Fsp3) is 0.182. The number of halogens is 2. The number of ketones is 1. The van der Waals surface area contributed by atoms with Gasteiger partial charge in [0.2, 0.25) is 0 Å². The topological polar surface area (TPSA) is 26.3 Å². The van der Waals surface area contributed by atoms with Crippen LogP contribution in [0.15, 0.2) is 26.7 Å². The maximum absolute atomic E-state index is 11.2. The van der Waals surface area contributed by atoms with Gasteiger partial charge in [0.1, 0.15) is 12.4 Å². The van der Waals surface area contributed by atoms with Gasteiger partial charge in [0, 0.05) is 15.6 Å². The zero-order valence-electron chi connectivity index (χ0n) is 8.01. The summed E-state index contributed by atoms with van der Waals surface area (Å²) < 4.78 is 7.38. The van der Waals surface area contributed by atoms with Gasteiger partial charge in [-0.15, -0.1) is 0 Å². The van der Waals surface area contributed by atoms with Crippen LogP contribution >= 0.6 is 31.9 Å². The lowest BCUT2D eigenvalue weighted by molar-refractivity contribution is -0.113. The molecule has 2 rings (SSSR count). The molecule has 1 aliphatic heterocycles. The van der Waals surface area contributed by atoms with Crippen LogP contribution in [0.5, 0.6) is 5.75 Å². The lowest BCUT2D eigenvalue weighted by atomic mass is 10.1. The lowest BCUT2D eigenvalue weighted by Gasteiger charge is -2.18. The second-order valence-corrected chi connectivity index (χ2v) is 5.09. The van der Waals surface area contributed by atoms with Gasteiger partial charge in [-0.1, -0.05) is 15.9 Å². The first-order valence-corrected chi connectivity index (χ1v) is 6.00. The number of carbonyl (C=O) groups is 1. The van der Waals surface area contributed by atoms with Crippen LogP contribution in [0.2, 0.25) is 0 Å². The van der Waals surface area contributed by atoms with Gasteiger partial charge < -0.3 is 4.74 Å². The molecule has 0 aliphatic carbocycles. The average Bonchev–Trinajstić information content (AvgIpc) is 2.16. The summed E-state index contributed by atoms with van der Waals surface area (Å²) in [6.07, 6.45) is 1.87. The number of benzene rings is 1. The Labute approximate surface area is 105 Å². The molecule has 0 aromatic heterocycles. The summed E-state index contributed by atoms with van der Waals surface area (Å²) in [5.74, 6) is 0.847. The van der Waals surface area contributed by atoms with Crippen LogP contribution in [0.3, 0.4) is 0 Å². The van der Waals surface area contributed by atoms with Gasteiger partial charge in [-0.05, 0) is 41.1 Å². The quantitative estimate of drug-likeness (QED) is 0.786. The van der Waals surface area contributed by atoms with Gasteiger partial charge in [0.05, 0.1) is 4.47 Å². The summed E-state index contributed by atoms with van der Waals surface area (Å²) >= 11 is 6.82. The van der Waals surface area contributed by atoms with E-state index in [1.165, 1.54) is 0 Å². The first kappa shape index (κ1) is 10.9. The van der Waals surface area contributed by atoms with E-state index < -0.39 is 0 Å². The van der Waals surface area contributed by atoms with Gasteiger partial charge in [-0.3, -0.25) is 4.79 Å². The Kier molecular flexibility index (Phi) is 2.98. The first-order valence-electron chi connectivity index (χ1n) is 4.41. The molecule has 1 aromatic rings. The van der Waals surface area contributed by atoms with Gasteiger partial charge in [-0.25, -0.2) is 0 Å². The number of carbonyl (C=O) groups excluding carboxylic acids is 1. The molecule has 0 N–H and O–H groups in total. The summed E-state index contributed by atoms with van der Waals surface area (Å²) in [6, 6.07) is 3.85. The van der Waals surface area contributed by atoms with Crippen molar-refractivity contribution >= 4 is 43.7 Å². The Hall–Kier alpha value is -0.610. The van der Waals surface area contributed by atoms with Gasteiger partial charge in [0.15, 0.2) is 5.78 Å². The minimum Gasteiger partial charge on any atom is -0.487 e. The van der Waals surface area contributed by atoms with Crippen LogP contribution in [-0.4, -0.2) is 12.4 Å². The van der Waals surface area contributed by atoms with Crippen molar-refractivity contribution in [2.24, 2.45) is 0 Å². The summed E-state index contributed by atoms with van der Waals surface area (Å²) in [5, 5.41) is 0. The van der Waals surface area contributed by atoms with E-state index in [0.29, 0.717) is 12.2 Å². The van der Waals surface area contributed by atoms with Crippen molar-refractivity contribution in [1.82, 2.24) is 0 Å². The van der Waals surface area contributed by atoms with Crippen LogP contribution in [0.25, 0.3) is 6.08 Å². The number of Topliss-reactive ketones (excluding diaryl/α,β-unsaturated/α-hetero) is 1. The third kappa shape index (κ3) is 2.16. The lowest BCUT2D eigenvalue weighted by Crippen LogP contribution is -2.12. The van der Waals surface area contributed by atoms with Crippen molar-refractivity contribution < 1.29 is 9.53 Å². The number of fused-ring (bicyclic) bond motifs is 1. The van der Waals surface area contributed by atoms with E-state index in [2.05, 4.69) is 31.9 Å². The van der Waals surface area contributed by atoms with Crippen LogP contribution in [-0.2, 0) is 4.79 Å². The van der Waals surface area contributed by atoms with Crippen molar-refractivity contribution in [2.75, 3.05) is 6.61 Å². The molecule has 78 valence electrons. The molecule has 0 bridgehead atoms. The van der Waals surface area contributed by atoms with Gasteiger partial charge >= 0.3 is 0 Å². The number of rotatable bonds is 1. The van der Waals surface area contributed by atoms with Gasteiger partial charge in [-0.2, -0.15) is 0 Å². The maximum Gasteiger partial charge on any atom is 0.159 e. The zero-order valence-corrected chi connectivity index (χ0v) is 11.2. The molecule has 0 spiro atoms. The SMILES string of the molecule is CC(=O)C1=Cc2cc(Br)cc(Br)c2OC1. The standard InChI is InChI=1S/C11H8Br2O2/c1-6(14)8-2-7-3-9(12)4-10(13)11(7)15-5-8/h2-4H,5H2,1H3. The van der Waals surface area contributed by atoms with E-state index in [9.17, 15) is 4.79 Å². The van der Waals surface area contributed by atoms with E-state index in [1.54, 1.807) is 6.92 Å². The third-order valence-electron chi connectivity index (χ3n) is 2.19. The first-order chi connectivity index (χ1) is 7.08. The Balaban J connectivity index is 2.54. The van der Waals surface area contributed by atoms with Crippen molar-refractivity contribution in [3.8, 4) is 5.75 Å². The largest absolute Gasteiger partial charge is 0.487 e. The fourth-order valence-corrected chi connectivity index (χ4v) is 2.80. The summed E-state index contributed by atoms with van der Waals surface area (Å²) in [7, 11) is 0. The molecule has 4 heteroatoms. The van der Waals surface area contributed by atoms with E-state index in [4.69, 9.17) is 4.74 Å². The van der Waals surface area contributed by atoms with E-state index in [0.717, 1.165) is 20.3 Å². The molecule has 0 radical (unpaired) electrons. The molecule has 0 amide bonds. The van der Waals surface area contributed by atoms with Crippen LogP contribution in [0.1, 0.15) is 12.5 Å². The molecule has 0 fully saturated rings. The van der Waals surface area contributed by atoms with E-state index in [1.807, 2.05) is 18.2 Å². The predicted molar refractivity (Wildman–Crippen MR) is 66.0 cm³/mol. The van der Waals surface area contributed by atoms with Crippen molar-refractivity contribution in [2.45, 2.75) is 6.92 Å². The molecule has 1 aliphatic rings. The van der Waals surface area contributed by atoms with Crippen LogP contribution in [0.4, 0.5) is 0 Å². The molecular formula is C11H8Br2O2. The van der Waals surface area contributed by atoms with Crippen molar-refractivity contribution in [3.63, 3.8) is 0 Å². The molecular weight excluding hydrogens is 324 g/mol. The highest BCUT2D eigenvalue weighted by atomic mass is 79.9. The number of ether oxygens (including phenoxy) is 1. The molecule has 0 saturated heterocycles. The highest BCUT2D eigenvalue weighted by molar-refractivity contribution is 9.11. The number of hydrogen-bond acceptors (Lipinski definition) is 2. The van der Waals surface area contributed by atoms with Crippen LogP contribution in [0, 0.1) is 0 Å². The van der Waals surface area contributed by atoms with Crippen molar-refractivity contribution in [1.29, 1.82) is 0 Å². The fourth-order valence-electron chi connectivity index (χ4n) is 1.42. The Morgan fingerprint density at radius 2 is 2.13 bits per heavy atom. The molecule has 0 saturated carbocycles. The normalized spacial score (nSPS) is 13.9. The van der Waals surface area contributed by atoms with Gasteiger partial charge in [0.25, 0.3) is 0 Å². The van der Waals surface area contributed by atoms with E-state index in [-0.39, 0.29) is 5.78 Å². The number of hydrogen-bond donors (Lipinski definition) is 0. The maximum atomic E-state index is 11.2. The molecule has 1 heterocycles. The smallest absolute Gasteiger partial charge is 0.159 e. The highest BCUT2D eigenvalue weighted by Gasteiger charge is 2.17. The Bertz CT molecular complexity index is 464. The summed E-state index contributed by atoms with van der Waals surface area (Å²) in [6.45, 7) is 1.90. The van der Waals surface area contributed by atoms with E-state index >= 15 is 0 Å². The Morgan fingerprint density at radius 1 is 1.40 bits per heavy atom. The monoisotopic (exact) mass is 330 g/mol. The minimum atomic E-state index is 0.0525. The van der Waals surface area contributed by atoms with Crippen LogP contribution < -0.4 is 4.74 Å². The molecule has 1 aromatic carbocycles. The predicted octanol–water partition coefficient (Wildman–Crippen LogP) is 3.58. The Morgan fingerprint density at radius 3 is 2.80 bits per heavy atom. The van der Waals surface area contributed by atoms with Crippen molar-refractivity contribution in [3.05, 3.63) is 32.2 Å². The average molecular weight is 332 g/mol. The second kappa shape index (κ2) is 4.10.